The quantitative estimate of drug-likeness (QED) is 0.601. The molecule has 1 unspecified atom stereocenters. The molecule has 0 bridgehead atoms. The Morgan fingerprint density at radius 3 is 2.52 bits per heavy atom. The number of ether oxygens (including phenoxy) is 1. The van der Waals surface area contributed by atoms with E-state index < -0.39 is 23.6 Å². The van der Waals surface area contributed by atoms with Gasteiger partial charge in [0.15, 0.2) is 6.29 Å². The molecule has 0 spiro atoms. The van der Waals surface area contributed by atoms with Crippen molar-refractivity contribution in [3.8, 4) is 11.8 Å². The van der Waals surface area contributed by atoms with E-state index in [9.17, 15) is 28.0 Å². The maximum atomic E-state index is 12.5. The fourth-order valence-corrected chi connectivity index (χ4v) is 2.91. The van der Waals surface area contributed by atoms with Crippen molar-refractivity contribution >= 4 is 23.2 Å². The van der Waals surface area contributed by atoms with Crippen molar-refractivity contribution in [2.45, 2.75) is 32.3 Å². The first kappa shape index (κ1) is 21.8. The first-order valence-corrected chi connectivity index (χ1v) is 8.92. The lowest BCUT2D eigenvalue weighted by molar-refractivity contribution is -0.274. The Balaban J connectivity index is 1.78. The van der Waals surface area contributed by atoms with Gasteiger partial charge in [-0.2, -0.15) is 20.3 Å². The molecule has 1 N–H and O–H groups in total. The number of aldehydes is 1. The maximum Gasteiger partial charge on any atom is 0.573 e. The summed E-state index contributed by atoms with van der Waals surface area (Å²) in [5.74, 6) is -1.15. The van der Waals surface area contributed by atoms with Gasteiger partial charge in [-0.15, -0.1) is 13.2 Å². The van der Waals surface area contributed by atoms with Crippen molar-refractivity contribution in [3.05, 3.63) is 53.1 Å². The number of fused-ring (bicyclic) bond motifs is 1. The Hall–Kier alpha value is -3.94. The van der Waals surface area contributed by atoms with Crippen LogP contribution in [0.15, 0.2) is 36.4 Å². The molecule has 160 valence electrons. The standard InChI is InChI=1S/C20H16F3N5O3/c1-12-7-14(9-29)17-16(8-12)26-28(27-17)11-19(2,10-24)25-18(30)13-3-5-15(6-4-13)31-20(21,22)23/h3-9H,11H2,1-2H3,(H,25,30). The number of nitrogens with zero attached hydrogens (tertiary/aromatic N) is 4. The van der Waals surface area contributed by atoms with Gasteiger partial charge in [-0.3, -0.25) is 9.59 Å². The number of rotatable bonds is 6. The van der Waals surface area contributed by atoms with Crippen LogP contribution < -0.4 is 10.1 Å². The van der Waals surface area contributed by atoms with E-state index in [2.05, 4.69) is 20.3 Å². The Morgan fingerprint density at radius 2 is 1.94 bits per heavy atom. The third-order valence-corrected chi connectivity index (χ3v) is 4.27. The Bertz CT molecular complexity index is 1180. The molecule has 2 aromatic carbocycles. The fourth-order valence-electron chi connectivity index (χ4n) is 2.91. The molecule has 3 rings (SSSR count). The van der Waals surface area contributed by atoms with Crippen LogP contribution in [-0.4, -0.2) is 39.1 Å². The van der Waals surface area contributed by atoms with Gasteiger partial charge in [0, 0.05) is 11.1 Å². The van der Waals surface area contributed by atoms with Gasteiger partial charge in [0.25, 0.3) is 5.91 Å². The molecule has 0 aliphatic rings. The van der Waals surface area contributed by atoms with E-state index in [-0.39, 0.29) is 12.1 Å². The number of carbonyl (C=O) groups is 2. The van der Waals surface area contributed by atoms with E-state index in [4.69, 9.17) is 0 Å². The summed E-state index contributed by atoms with van der Waals surface area (Å²) in [5, 5.41) is 20.6. The zero-order chi connectivity index (χ0) is 22.8. The lowest BCUT2D eigenvalue weighted by Gasteiger charge is -2.22. The molecule has 1 aromatic heterocycles. The number of nitriles is 1. The molecule has 0 fully saturated rings. The van der Waals surface area contributed by atoms with E-state index >= 15 is 0 Å². The molecular formula is C20H16F3N5O3. The first-order chi connectivity index (χ1) is 14.5. The lowest BCUT2D eigenvalue weighted by Crippen LogP contribution is -2.48. The van der Waals surface area contributed by atoms with Gasteiger partial charge >= 0.3 is 6.36 Å². The van der Waals surface area contributed by atoms with Crippen LogP contribution in [0.2, 0.25) is 0 Å². The molecule has 1 amide bonds. The zero-order valence-electron chi connectivity index (χ0n) is 16.4. The van der Waals surface area contributed by atoms with Crippen molar-refractivity contribution in [1.82, 2.24) is 20.3 Å². The van der Waals surface area contributed by atoms with Crippen molar-refractivity contribution in [2.24, 2.45) is 0 Å². The minimum atomic E-state index is -4.84. The number of amides is 1. The Kier molecular flexibility index (Phi) is 5.66. The van der Waals surface area contributed by atoms with Crippen molar-refractivity contribution in [3.63, 3.8) is 0 Å². The second-order valence-electron chi connectivity index (χ2n) is 7.04. The van der Waals surface area contributed by atoms with Gasteiger partial charge in [-0.1, -0.05) is 0 Å². The number of carbonyl (C=O) groups excluding carboxylic acids is 2. The third-order valence-electron chi connectivity index (χ3n) is 4.27. The number of nitrogens with one attached hydrogen (secondary N) is 1. The fraction of sp³-hybridized carbons (Fsp3) is 0.250. The number of alkyl halides is 3. The smallest absolute Gasteiger partial charge is 0.406 e. The minimum absolute atomic E-state index is 0.0356. The molecule has 1 atom stereocenters. The minimum Gasteiger partial charge on any atom is -0.406 e. The molecule has 0 radical (unpaired) electrons. The summed E-state index contributed by atoms with van der Waals surface area (Å²) in [6, 6.07) is 9.66. The summed E-state index contributed by atoms with van der Waals surface area (Å²) in [6.45, 7) is 3.12. The lowest BCUT2D eigenvalue weighted by atomic mass is 10.0. The molecule has 3 aromatic rings. The zero-order valence-corrected chi connectivity index (χ0v) is 16.4. The summed E-state index contributed by atoms with van der Waals surface area (Å²) in [4.78, 5) is 25.0. The summed E-state index contributed by atoms with van der Waals surface area (Å²) >= 11 is 0. The van der Waals surface area contributed by atoms with Crippen LogP contribution in [-0.2, 0) is 6.54 Å². The predicted molar refractivity (Wildman–Crippen MR) is 102 cm³/mol. The number of hydrogen-bond donors (Lipinski definition) is 1. The monoisotopic (exact) mass is 431 g/mol. The first-order valence-electron chi connectivity index (χ1n) is 8.92. The van der Waals surface area contributed by atoms with Gasteiger partial charge in [-0.25, -0.2) is 0 Å². The summed E-state index contributed by atoms with van der Waals surface area (Å²) in [5.41, 5.74) is 0.597. The predicted octanol–water partition coefficient (Wildman–Crippen LogP) is 3.16. The van der Waals surface area contributed by atoms with Crippen molar-refractivity contribution in [1.29, 1.82) is 5.26 Å². The van der Waals surface area contributed by atoms with Crippen LogP contribution in [0, 0.1) is 18.3 Å². The van der Waals surface area contributed by atoms with Crippen molar-refractivity contribution in [2.75, 3.05) is 0 Å². The number of benzene rings is 2. The van der Waals surface area contributed by atoms with E-state index in [0.717, 1.165) is 29.8 Å². The van der Waals surface area contributed by atoms with Crippen LogP contribution in [0.1, 0.15) is 33.2 Å². The molecular weight excluding hydrogens is 415 g/mol. The highest BCUT2D eigenvalue weighted by molar-refractivity contribution is 5.95. The van der Waals surface area contributed by atoms with Gasteiger partial charge in [0.2, 0.25) is 0 Å². The molecule has 11 heteroatoms. The number of aromatic nitrogens is 3. The Labute approximate surface area is 174 Å². The van der Waals surface area contributed by atoms with Crippen LogP contribution in [0.5, 0.6) is 5.75 Å². The molecule has 0 aliphatic heterocycles. The van der Waals surface area contributed by atoms with Crippen LogP contribution >= 0.6 is 0 Å². The molecule has 31 heavy (non-hydrogen) atoms. The molecule has 0 saturated carbocycles. The van der Waals surface area contributed by atoms with E-state index in [1.807, 2.05) is 6.07 Å². The summed E-state index contributed by atoms with van der Waals surface area (Å²) in [6.07, 6.45) is -4.18. The largest absolute Gasteiger partial charge is 0.573 e. The molecule has 8 nitrogen and oxygen atoms in total. The average molecular weight is 431 g/mol. The van der Waals surface area contributed by atoms with Crippen LogP contribution in [0.3, 0.4) is 0 Å². The Morgan fingerprint density at radius 1 is 1.26 bits per heavy atom. The molecule has 0 saturated heterocycles. The highest BCUT2D eigenvalue weighted by atomic mass is 19.4. The summed E-state index contributed by atoms with van der Waals surface area (Å²) in [7, 11) is 0. The molecule has 1 heterocycles. The number of halogens is 3. The van der Waals surface area contributed by atoms with E-state index in [1.54, 1.807) is 19.1 Å². The highest BCUT2D eigenvalue weighted by Gasteiger charge is 2.32. The van der Waals surface area contributed by atoms with Crippen molar-refractivity contribution < 1.29 is 27.5 Å². The van der Waals surface area contributed by atoms with Gasteiger partial charge in [0.05, 0.1) is 12.6 Å². The van der Waals surface area contributed by atoms with E-state index in [1.165, 1.54) is 11.7 Å². The van der Waals surface area contributed by atoms with Gasteiger partial charge in [0.1, 0.15) is 22.3 Å². The van der Waals surface area contributed by atoms with Gasteiger partial charge < -0.3 is 10.1 Å². The second kappa shape index (κ2) is 8.06. The normalized spacial score (nSPS) is 13.3. The van der Waals surface area contributed by atoms with Gasteiger partial charge in [-0.05, 0) is 55.8 Å². The number of aryl methyl sites for hydroxylation is 1. The number of hydrogen-bond acceptors (Lipinski definition) is 6. The highest BCUT2D eigenvalue weighted by Crippen LogP contribution is 2.23. The van der Waals surface area contributed by atoms with E-state index in [0.29, 0.717) is 22.9 Å². The topological polar surface area (TPSA) is 110 Å². The average Bonchev–Trinajstić information content (AvgIpc) is 3.08. The second-order valence-corrected chi connectivity index (χ2v) is 7.04. The maximum absolute atomic E-state index is 12.5. The molecule has 0 aliphatic carbocycles. The third kappa shape index (κ3) is 5.16. The van der Waals surface area contributed by atoms with Crippen LogP contribution in [0.4, 0.5) is 13.2 Å². The SMILES string of the molecule is Cc1cc(C=O)c2nn(CC(C)(C#N)NC(=O)c3ccc(OC(F)(F)F)cc3)nc2c1. The van der Waals surface area contributed by atoms with Crippen LogP contribution in [0.25, 0.3) is 11.0 Å². The summed E-state index contributed by atoms with van der Waals surface area (Å²) < 4.78 is 40.5.